The molecular weight excluding hydrogens is 473 g/mol. The number of nitrogens with one attached hydrogen (secondary N) is 1. The van der Waals surface area contributed by atoms with E-state index >= 15 is 0 Å². The predicted molar refractivity (Wildman–Crippen MR) is 93.4 cm³/mol. The number of rotatable bonds is 7. The van der Waals surface area contributed by atoms with E-state index in [1.54, 1.807) is 18.2 Å². The summed E-state index contributed by atoms with van der Waals surface area (Å²) < 4.78 is 60.6. The lowest BCUT2D eigenvalue weighted by atomic mass is 10.1. The summed E-state index contributed by atoms with van der Waals surface area (Å²) in [7, 11) is -2.07. The van der Waals surface area contributed by atoms with Crippen LogP contribution in [0.2, 0.25) is 0 Å². The molecule has 0 fully saturated rings. The minimum absolute atomic E-state index is 0.0159. The number of ether oxygens (including phenoxy) is 2. The molecule has 0 aliphatic heterocycles. The van der Waals surface area contributed by atoms with Crippen LogP contribution in [0.5, 0.6) is 12.0 Å². The van der Waals surface area contributed by atoms with E-state index in [9.17, 15) is 17.2 Å². The maximum absolute atomic E-state index is 12.7. The van der Waals surface area contributed by atoms with Crippen molar-refractivity contribution in [1.29, 1.82) is 0 Å². The lowest BCUT2D eigenvalue weighted by Gasteiger charge is -2.14. The van der Waals surface area contributed by atoms with E-state index in [1.807, 2.05) is 27.3 Å². The summed E-state index contributed by atoms with van der Waals surface area (Å²) in [4.78, 5) is 11.9. The van der Waals surface area contributed by atoms with Crippen LogP contribution in [0.1, 0.15) is 11.4 Å². The third kappa shape index (κ3) is 4.84. The van der Waals surface area contributed by atoms with E-state index in [1.165, 1.54) is 14.2 Å². The minimum atomic E-state index is -4.80. The highest BCUT2D eigenvalue weighted by Crippen LogP contribution is 2.27. The van der Waals surface area contributed by atoms with Gasteiger partial charge in [0.25, 0.3) is 10.0 Å². The number of halogens is 3. The number of methoxy groups -OCH3 is 2. The minimum Gasteiger partial charge on any atom is -0.467 e. The van der Waals surface area contributed by atoms with Crippen molar-refractivity contribution in [2.45, 2.75) is 12.2 Å². The molecule has 0 atom stereocenters. The molecule has 0 radical (unpaired) electrons. The van der Waals surface area contributed by atoms with Crippen molar-refractivity contribution in [2.24, 2.45) is 0 Å². The first-order valence-corrected chi connectivity index (χ1v) is 9.29. The standard InChI is InChI=1S/C13H13F2IN4O4S/c1-23-12-17-9(18-13(19-12)24-2)6-7-4-3-5-8(16)10(7)20-25(21,22)11(14)15/h3-5,11,20H,6H2,1-2H3. The van der Waals surface area contributed by atoms with Crippen LogP contribution in [0.15, 0.2) is 18.2 Å². The van der Waals surface area contributed by atoms with Crippen LogP contribution in [0.4, 0.5) is 14.5 Å². The highest BCUT2D eigenvalue weighted by atomic mass is 127. The van der Waals surface area contributed by atoms with Gasteiger partial charge in [-0.15, -0.1) is 4.98 Å². The van der Waals surface area contributed by atoms with Gasteiger partial charge in [-0.1, -0.05) is 12.1 Å². The molecule has 25 heavy (non-hydrogen) atoms. The van der Waals surface area contributed by atoms with Gasteiger partial charge in [0.2, 0.25) is 0 Å². The van der Waals surface area contributed by atoms with E-state index in [0.29, 0.717) is 9.13 Å². The Hall–Kier alpha value is -1.83. The van der Waals surface area contributed by atoms with Gasteiger partial charge in [0.05, 0.1) is 19.9 Å². The zero-order valence-electron chi connectivity index (χ0n) is 13.0. The molecule has 0 saturated heterocycles. The van der Waals surface area contributed by atoms with Crippen molar-refractivity contribution >= 4 is 38.3 Å². The van der Waals surface area contributed by atoms with Crippen LogP contribution in [0.3, 0.4) is 0 Å². The molecule has 1 aromatic heterocycles. The number of nitrogens with zero attached hydrogens (tertiary/aromatic N) is 3. The van der Waals surface area contributed by atoms with Gasteiger partial charge in [-0.05, 0) is 34.2 Å². The summed E-state index contributed by atoms with van der Waals surface area (Å²) in [5, 5.41) is 0. The normalized spacial score (nSPS) is 11.4. The van der Waals surface area contributed by atoms with Crippen LogP contribution in [0.25, 0.3) is 0 Å². The molecule has 8 nitrogen and oxygen atoms in total. The first kappa shape index (κ1) is 19.5. The Morgan fingerprint density at radius 1 is 1.16 bits per heavy atom. The van der Waals surface area contributed by atoms with Gasteiger partial charge < -0.3 is 9.47 Å². The Balaban J connectivity index is 2.43. The third-order valence-electron chi connectivity index (χ3n) is 2.93. The zero-order valence-corrected chi connectivity index (χ0v) is 16.0. The molecule has 0 unspecified atom stereocenters. The van der Waals surface area contributed by atoms with E-state index in [2.05, 4.69) is 15.0 Å². The van der Waals surface area contributed by atoms with Gasteiger partial charge in [0.15, 0.2) is 0 Å². The largest absolute Gasteiger partial charge is 0.467 e. The fourth-order valence-corrected chi connectivity index (χ4v) is 3.31. The van der Waals surface area contributed by atoms with Crippen molar-refractivity contribution in [3.05, 3.63) is 33.2 Å². The SMILES string of the molecule is COc1nc(Cc2cccc(I)c2NS(=O)(=O)C(F)F)nc(OC)n1. The summed E-state index contributed by atoms with van der Waals surface area (Å²) in [6, 6.07) is 4.85. The molecule has 2 aromatic rings. The molecule has 0 spiro atoms. The van der Waals surface area contributed by atoms with Crippen LogP contribution in [0, 0.1) is 3.57 Å². The summed E-state index contributed by atoms with van der Waals surface area (Å²) in [5.74, 6) is -3.32. The van der Waals surface area contributed by atoms with Crippen molar-refractivity contribution in [2.75, 3.05) is 18.9 Å². The quantitative estimate of drug-likeness (QED) is 0.598. The number of para-hydroxylation sites is 1. The molecule has 2 rings (SSSR count). The number of hydrogen-bond donors (Lipinski definition) is 1. The molecule has 0 amide bonds. The molecule has 1 N–H and O–H groups in total. The Morgan fingerprint density at radius 2 is 1.76 bits per heavy atom. The first-order chi connectivity index (χ1) is 11.8. The van der Waals surface area contributed by atoms with Crippen LogP contribution in [-0.4, -0.2) is 43.3 Å². The molecule has 1 aromatic carbocycles. The summed E-state index contributed by atoms with van der Waals surface area (Å²) in [6.45, 7) is 0. The average Bonchev–Trinajstić information content (AvgIpc) is 2.57. The van der Waals surface area contributed by atoms with E-state index in [-0.39, 0.29) is 30.0 Å². The third-order valence-corrected chi connectivity index (χ3v) is 4.79. The smallest absolute Gasteiger partial charge is 0.355 e. The number of benzene rings is 1. The van der Waals surface area contributed by atoms with E-state index in [4.69, 9.17) is 9.47 Å². The Labute approximate surface area is 156 Å². The van der Waals surface area contributed by atoms with Gasteiger partial charge in [-0.2, -0.15) is 18.7 Å². The number of anilines is 1. The highest BCUT2D eigenvalue weighted by molar-refractivity contribution is 14.1. The molecule has 136 valence electrons. The molecule has 0 bridgehead atoms. The van der Waals surface area contributed by atoms with Crippen molar-refractivity contribution in [1.82, 2.24) is 15.0 Å². The average molecular weight is 486 g/mol. The van der Waals surface area contributed by atoms with Crippen LogP contribution < -0.4 is 14.2 Å². The highest BCUT2D eigenvalue weighted by Gasteiger charge is 2.26. The van der Waals surface area contributed by atoms with Crippen LogP contribution >= 0.6 is 22.6 Å². The van der Waals surface area contributed by atoms with Gasteiger partial charge >= 0.3 is 17.8 Å². The second-order valence-corrected chi connectivity index (χ2v) is 7.40. The van der Waals surface area contributed by atoms with E-state index in [0.717, 1.165) is 0 Å². The molecule has 0 aliphatic rings. The summed E-state index contributed by atoms with van der Waals surface area (Å²) in [6.07, 6.45) is 0.0488. The number of aromatic nitrogens is 3. The molecule has 0 saturated carbocycles. The maximum atomic E-state index is 12.7. The summed E-state index contributed by atoms with van der Waals surface area (Å²) >= 11 is 1.85. The number of alkyl halides is 2. The Kier molecular flexibility index (Phi) is 6.26. The zero-order chi connectivity index (χ0) is 18.6. The molecule has 1 heterocycles. The number of sulfonamides is 1. The Morgan fingerprint density at radius 3 is 2.28 bits per heavy atom. The van der Waals surface area contributed by atoms with Gasteiger partial charge in [-0.25, -0.2) is 8.42 Å². The Bertz CT molecular complexity index is 845. The monoisotopic (exact) mass is 486 g/mol. The lowest BCUT2D eigenvalue weighted by Crippen LogP contribution is -2.22. The second-order valence-electron chi connectivity index (χ2n) is 4.58. The predicted octanol–water partition coefficient (Wildman–Crippen LogP) is 2.05. The number of hydrogen-bond acceptors (Lipinski definition) is 7. The molecule has 12 heteroatoms. The van der Waals surface area contributed by atoms with Crippen molar-refractivity contribution in [3.63, 3.8) is 0 Å². The van der Waals surface area contributed by atoms with Gasteiger partial charge in [0, 0.05) is 9.99 Å². The fraction of sp³-hybridized carbons (Fsp3) is 0.308. The lowest BCUT2D eigenvalue weighted by molar-refractivity contribution is 0.236. The van der Waals surface area contributed by atoms with E-state index < -0.39 is 15.8 Å². The van der Waals surface area contributed by atoms with Crippen LogP contribution in [-0.2, 0) is 16.4 Å². The maximum Gasteiger partial charge on any atom is 0.355 e. The van der Waals surface area contributed by atoms with Crippen molar-refractivity contribution in [3.8, 4) is 12.0 Å². The van der Waals surface area contributed by atoms with Gasteiger partial charge in [-0.3, -0.25) is 4.72 Å². The summed E-state index contributed by atoms with van der Waals surface area (Å²) in [5.41, 5.74) is 0.452. The second kappa shape index (κ2) is 8.03. The fourth-order valence-electron chi connectivity index (χ4n) is 1.83. The van der Waals surface area contributed by atoms with Crippen molar-refractivity contribution < 1.29 is 26.7 Å². The first-order valence-electron chi connectivity index (χ1n) is 6.67. The molecule has 0 aliphatic carbocycles. The molecular formula is C13H13F2IN4O4S. The van der Waals surface area contributed by atoms with Gasteiger partial charge in [0.1, 0.15) is 5.82 Å². The topological polar surface area (TPSA) is 103 Å².